The van der Waals surface area contributed by atoms with Gasteiger partial charge in [-0.2, -0.15) is 0 Å². The lowest BCUT2D eigenvalue weighted by molar-refractivity contribution is 0.637. The van der Waals surface area contributed by atoms with E-state index in [-0.39, 0.29) is 5.82 Å². The Kier molecular flexibility index (Phi) is 3.49. The topological polar surface area (TPSA) is 67.6 Å². The van der Waals surface area contributed by atoms with Crippen molar-refractivity contribution >= 4 is 38.3 Å². The first-order valence-electron chi connectivity index (χ1n) is 7.80. The van der Waals surface area contributed by atoms with Crippen molar-refractivity contribution in [1.29, 1.82) is 0 Å². The maximum absolute atomic E-state index is 14.0. The number of halogens is 1. The molecule has 3 heterocycles. The van der Waals surface area contributed by atoms with E-state index >= 15 is 0 Å². The van der Waals surface area contributed by atoms with E-state index in [1.165, 1.54) is 6.07 Å². The summed E-state index contributed by atoms with van der Waals surface area (Å²) in [6, 6.07) is 5.28. The van der Waals surface area contributed by atoms with Crippen molar-refractivity contribution in [3.63, 3.8) is 0 Å². The number of nitrogens with two attached hydrogens (primary N) is 1. The summed E-state index contributed by atoms with van der Waals surface area (Å²) in [6.07, 6.45) is 1.41. The van der Waals surface area contributed by atoms with E-state index < -0.39 is 0 Å². The van der Waals surface area contributed by atoms with Crippen molar-refractivity contribution in [2.75, 3.05) is 5.73 Å². The average molecular weight is 340 g/mol. The van der Waals surface area contributed by atoms with Gasteiger partial charge in [0.05, 0.1) is 15.7 Å². The van der Waals surface area contributed by atoms with Gasteiger partial charge in [-0.1, -0.05) is 6.07 Å². The molecule has 3 aromatic heterocycles. The lowest BCUT2D eigenvalue weighted by Gasteiger charge is -2.05. The Bertz CT molecular complexity index is 1060. The molecule has 0 saturated carbocycles. The van der Waals surface area contributed by atoms with Crippen LogP contribution in [0.2, 0.25) is 0 Å². The maximum Gasteiger partial charge on any atom is 0.147 e. The molecule has 0 saturated heterocycles. The first kappa shape index (κ1) is 15.1. The van der Waals surface area contributed by atoms with Gasteiger partial charge in [-0.15, -0.1) is 11.3 Å². The maximum atomic E-state index is 14.0. The molecule has 0 spiro atoms. The highest BCUT2D eigenvalue weighted by Gasteiger charge is 2.15. The molecular formula is C18H17FN4S. The van der Waals surface area contributed by atoms with Gasteiger partial charge in [0.2, 0.25) is 0 Å². The fraction of sp³-hybridized carbons (Fsp3) is 0.222. The number of aryl methyl sites for hydroxylation is 4. The minimum absolute atomic E-state index is 0.217. The zero-order valence-electron chi connectivity index (χ0n) is 13.5. The first-order valence-corrected chi connectivity index (χ1v) is 8.68. The highest BCUT2D eigenvalue weighted by molar-refractivity contribution is 7.17. The molecule has 24 heavy (non-hydrogen) atoms. The van der Waals surface area contributed by atoms with Crippen LogP contribution in [0.3, 0.4) is 0 Å². The van der Waals surface area contributed by atoms with Crippen molar-refractivity contribution < 1.29 is 4.39 Å². The first-order chi connectivity index (χ1) is 11.5. The minimum Gasteiger partial charge on any atom is -0.382 e. The SMILES string of the molecule is Cc1[nH]c2c(F)ccc(C)c2c1CCc1nc(N)c2sccc2n1. The second-order valence-electron chi connectivity index (χ2n) is 6.00. The standard InChI is InChI=1S/C18H17FN4S/c1-9-3-5-12(19)16-15(9)11(10(2)21-16)4-6-14-22-13-7-8-24-17(13)18(20)23-14/h3,5,7-8,21H,4,6H2,1-2H3,(H2,20,22,23). The molecule has 0 aliphatic heterocycles. The third kappa shape index (κ3) is 2.34. The molecular weight excluding hydrogens is 323 g/mol. The van der Waals surface area contributed by atoms with Crippen LogP contribution >= 0.6 is 11.3 Å². The molecule has 0 amide bonds. The summed E-state index contributed by atoms with van der Waals surface area (Å²) in [5, 5.41) is 2.94. The number of H-pyrrole nitrogens is 1. The molecule has 4 aromatic rings. The molecule has 4 nitrogen and oxygen atoms in total. The number of nitrogen functional groups attached to an aromatic ring is 1. The quantitative estimate of drug-likeness (QED) is 0.584. The van der Waals surface area contributed by atoms with Gasteiger partial charge in [-0.3, -0.25) is 0 Å². The molecule has 122 valence electrons. The van der Waals surface area contributed by atoms with Gasteiger partial charge in [0.1, 0.15) is 17.5 Å². The Morgan fingerprint density at radius 2 is 2.00 bits per heavy atom. The lowest BCUT2D eigenvalue weighted by Crippen LogP contribution is -2.02. The molecule has 0 aliphatic rings. The summed E-state index contributed by atoms with van der Waals surface area (Å²) in [4.78, 5) is 12.2. The minimum atomic E-state index is -0.217. The predicted molar refractivity (Wildman–Crippen MR) is 97.0 cm³/mol. The van der Waals surface area contributed by atoms with Gasteiger partial charge < -0.3 is 10.7 Å². The van der Waals surface area contributed by atoms with Crippen LogP contribution in [0.15, 0.2) is 23.6 Å². The van der Waals surface area contributed by atoms with Crippen molar-refractivity contribution in [3.8, 4) is 0 Å². The summed E-state index contributed by atoms with van der Waals surface area (Å²) >= 11 is 1.55. The van der Waals surface area contributed by atoms with E-state index in [4.69, 9.17) is 5.73 Å². The number of hydrogen-bond donors (Lipinski definition) is 2. The molecule has 0 aliphatic carbocycles. The van der Waals surface area contributed by atoms with E-state index in [0.717, 1.165) is 44.7 Å². The second kappa shape index (κ2) is 5.56. The summed E-state index contributed by atoms with van der Waals surface area (Å²) in [5.41, 5.74) is 10.7. The van der Waals surface area contributed by atoms with E-state index in [2.05, 4.69) is 15.0 Å². The molecule has 6 heteroatoms. The van der Waals surface area contributed by atoms with E-state index in [1.54, 1.807) is 11.3 Å². The molecule has 0 fully saturated rings. The lowest BCUT2D eigenvalue weighted by atomic mass is 10.0. The summed E-state index contributed by atoms with van der Waals surface area (Å²) < 4.78 is 15.0. The van der Waals surface area contributed by atoms with Crippen molar-refractivity contribution in [2.45, 2.75) is 26.7 Å². The predicted octanol–water partition coefficient (Wildman–Crippen LogP) is 4.30. The fourth-order valence-electron chi connectivity index (χ4n) is 3.24. The van der Waals surface area contributed by atoms with Crippen molar-refractivity contribution in [1.82, 2.24) is 15.0 Å². The Morgan fingerprint density at radius 3 is 2.83 bits per heavy atom. The van der Waals surface area contributed by atoms with Crippen LogP contribution in [0.25, 0.3) is 21.1 Å². The highest BCUT2D eigenvalue weighted by atomic mass is 32.1. The van der Waals surface area contributed by atoms with Gasteiger partial charge in [-0.25, -0.2) is 14.4 Å². The van der Waals surface area contributed by atoms with Crippen LogP contribution < -0.4 is 5.73 Å². The van der Waals surface area contributed by atoms with Crippen LogP contribution in [0.1, 0.15) is 22.6 Å². The van der Waals surface area contributed by atoms with Gasteiger partial charge in [-0.05, 0) is 48.9 Å². The molecule has 0 atom stereocenters. The number of anilines is 1. The van der Waals surface area contributed by atoms with E-state index in [0.29, 0.717) is 17.8 Å². The summed E-state index contributed by atoms with van der Waals surface area (Å²) in [5.74, 6) is 1.04. The number of aromatic nitrogens is 3. The Balaban J connectivity index is 1.71. The zero-order chi connectivity index (χ0) is 16.8. The zero-order valence-corrected chi connectivity index (χ0v) is 14.3. The third-order valence-corrected chi connectivity index (χ3v) is 5.33. The number of aromatic amines is 1. The van der Waals surface area contributed by atoms with E-state index in [1.807, 2.05) is 31.4 Å². The fourth-order valence-corrected chi connectivity index (χ4v) is 3.97. The number of thiophene rings is 1. The molecule has 1 aromatic carbocycles. The number of nitrogens with zero attached hydrogens (tertiary/aromatic N) is 2. The molecule has 0 radical (unpaired) electrons. The number of fused-ring (bicyclic) bond motifs is 2. The summed E-state index contributed by atoms with van der Waals surface area (Å²) in [7, 11) is 0. The van der Waals surface area contributed by atoms with Crippen molar-refractivity contribution in [3.05, 3.63) is 52.0 Å². The van der Waals surface area contributed by atoms with Crippen LogP contribution in [-0.2, 0) is 12.8 Å². The third-order valence-electron chi connectivity index (χ3n) is 4.40. The smallest absolute Gasteiger partial charge is 0.147 e. The van der Waals surface area contributed by atoms with Gasteiger partial charge >= 0.3 is 0 Å². The Hall–Kier alpha value is -2.47. The normalized spacial score (nSPS) is 11.6. The molecule has 3 N–H and O–H groups in total. The molecule has 0 unspecified atom stereocenters. The van der Waals surface area contributed by atoms with E-state index in [9.17, 15) is 4.39 Å². The number of benzene rings is 1. The van der Waals surface area contributed by atoms with Crippen LogP contribution in [0, 0.1) is 19.7 Å². The van der Waals surface area contributed by atoms with Gasteiger partial charge in [0, 0.05) is 17.5 Å². The van der Waals surface area contributed by atoms with Gasteiger partial charge in [0.25, 0.3) is 0 Å². The summed E-state index contributed by atoms with van der Waals surface area (Å²) in [6.45, 7) is 3.98. The molecule has 0 bridgehead atoms. The number of rotatable bonds is 3. The second-order valence-corrected chi connectivity index (χ2v) is 6.92. The Labute approximate surface area is 142 Å². The average Bonchev–Trinajstić information content (AvgIpc) is 3.14. The van der Waals surface area contributed by atoms with Crippen LogP contribution in [0.4, 0.5) is 10.2 Å². The Morgan fingerprint density at radius 1 is 1.17 bits per heavy atom. The van der Waals surface area contributed by atoms with Gasteiger partial charge in [0.15, 0.2) is 0 Å². The monoisotopic (exact) mass is 340 g/mol. The van der Waals surface area contributed by atoms with Crippen LogP contribution in [0.5, 0.6) is 0 Å². The van der Waals surface area contributed by atoms with Crippen LogP contribution in [-0.4, -0.2) is 15.0 Å². The van der Waals surface area contributed by atoms with Crippen molar-refractivity contribution in [2.24, 2.45) is 0 Å². The number of hydrogen-bond acceptors (Lipinski definition) is 4. The highest BCUT2D eigenvalue weighted by Crippen LogP contribution is 2.29. The number of nitrogens with one attached hydrogen (secondary N) is 1. The largest absolute Gasteiger partial charge is 0.382 e. The molecule has 4 rings (SSSR count).